The van der Waals surface area contributed by atoms with Crippen molar-refractivity contribution in [3.05, 3.63) is 71.4 Å². The fourth-order valence-corrected chi connectivity index (χ4v) is 5.35. The number of imidazole rings is 1. The molecule has 0 bridgehead atoms. The van der Waals surface area contributed by atoms with E-state index in [0.29, 0.717) is 34.8 Å². The van der Waals surface area contributed by atoms with Gasteiger partial charge in [-0.05, 0) is 29.5 Å². The zero-order valence-electron chi connectivity index (χ0n) is 19.3. The minimum Gasteiger partial charge on any atom is -0.371 e. The summed E-state index contributed by atoms with van der Waals surface area (Å²) >= 11 is 0. The molecule has 2 fully saturated rings. The van der Waals surface area contributed by atoms with Gasteiger partial charge in [0.1, 0.15) is 12.9 Å². The molecule has 5 aromatic rings. The molecule has 11 nitrogen and oxygen atoms in total. The summed E-state index contributed by atoms with van der Waals surface area (Å²) in [6.07, 6.45) is 6.96. The van der Waals surface area contributed by atoms with Gasteiger partial charge < -0.3 is 14.0 Å². The summed E-state index contributed by atoms with van der Waals surface area (Å²) < 4.78 is 10.5. The largest absolute Gasteiger partial charge is 0.371 e. The van der Waals surface area contributed by atoms with Crippen LogP contribution in [0, 0.1) is 11.8 Å². The Hall–Kier alpha value is -4.28. The number of nitrogens with zero attached hydrogens (tertiary/aromatic N) is 9. The van der Waals surface area contributed by atoms with Gasteiger partial charge in [0.15, 0.2) is 17.0 Å². The Morgan fingerprint density at radius 2 is 1.80 bits per heavy atom. The van der Waals surface area contributed by atoms with Crippen molar-refractivity contribution in [2.24, 2.45) is 25.9 Å². The Bertz CT molecular complexity index is 1600. The maximum absolute atomic E-state index is 12.8. The molecule has 1 aromatic carbocycles. The standard InChI is InChI=1S/C24H23N9O2/c1-30-12-25-23-21(30)24(34)33(13-26-23)11-19-28-22(29-35-19)20-17-9-32(10-18(17)20)16-5-3-14(4-6-16)15-7-27-31(2)8-15/h3-8,12-13,17-18,20H,9-11H2,1-2H3/t17-,18+,20+. The van der Waals surface area contributed by atoms with Crippen LogP contribution >= 0.6 is 0 Å². The summed E-state index contributed by atoms with van der Waals surface area (Å²) in [5, 5.41) is 8.49. The van der Waals surface area contributed by atoms with E-state index in [-0.39, 0.29) is 12.1 Å². The molecule has 11 heteroatoms. The maximum atomic E-state index is 12.8. The van der Waals surface area contributed by atoms with Crippen LogP contribution in [-0.4, -0.2) is 52.1 Å². The molecule has 5 heterocycles. The van der Waals surface area contributed by atoms with E-state index >= 15 is 0 Å². The summed E-state index contributed by atoms with van der Waals surface area (Å²) in [5.74, 6) is 2.51. The van der Waals surface area contributed by atoms with E-state index in [1.54, 1.807) is 17.9 Å². The van der Waals surface area contributed by atoms with Crippen molar-refractivity contribution in [1.29, 1.82) is 0 Å². The van der Waals surface area contributed by atoms with E-state index in [9.17, 15) is 4.79 Å². The Balaban J connectivity index is 1.02. The van der Waals surface area contributed by atoms with Crippen LogP contribution in [0.5, 0.6) is 0 Å². The lowest BCUT2D eigenvalue weighted by molar-refractivity contribution is 0.363. The van der Waals surface area contributed by atoms with Crippen molar-refractivity contribution in [1.82, 2.24) is 39.0 Å². The van der Waals surface area contributed by atoms with Gasteiger partial charge in [-0.25, -0.2) is 9.97 Å². The summed E-state index contributed by atoms with van der Waals surface area (Å²) in [7, 11) is 3.70. The molecule has 1 aliphatic heterocycles. The normalized spacial score (nSPS) is 21.1. The Morgan fingerprint density at radius 3 is 2.54 bits per heavy atom. The van der Waals surface area contributed by atoms with Gasteiger partial charge in [-0.2, -0.15) is 10.1 Å². The van der Waals surface area contributed by atoms with Crippen molar-refractivity contribution in [2.75, 3.05) is 18.0 Å². The minimum atomic E-state index is -0.178. The summed E-state index contributed by atoms with van der Waals surface area (Å²) in [6.45, 7) is 2.15. The molecule has 0 amide bonds. The van der Waals surface area contributed by atoms with E-state index < -0.39 is 0 Å². The van der Waals surface area contributed by atoms with Crippen molar-refractivity contribution in [2.45, 2.75) is 12.5 Å². The number of rotatable bonds is 5. The van der Waals surface area contributed by atoms with Crippen LogP contribution in [-0.2, 0) is 20.6 Å². The molecule has 1 saturated heterocycles. The Morgan fingerprint density at radius 1 is 1.03 bits per heavy atom. The van der Waals surface area contributed by atoms with Crippen molar-refractivity contribution in [3.8, 4) is 11.1 Å². The molecule has 0 radical (unpaired) electrons. The molecule has 35 heavy (non-hydrogen) atoms. The highest BCUT2D eigenvalue weighted by atomic mass is 16.5. The van der Waals surface area contributed by atoms with Gasteiger partial charge in [-0.15, -0.1) is 0 Å². The number of hydrogen-bond acceptors (Lipinski definition) is 8. The van der Waals surface area contributed by atoms with Crippen molar-refractivity contribution >= 4 is 16.9 Å². The first-order chi connectivity index (χ1) is 17.0. The van der Waals surface area contributed by atoms with Gasteiger partial charge in [0, 0.05) is 50.6 Å². The Labute approximate surface area is 199 Å². The van der Waals surface area contributed by atoms with Crippen LogP contribution in [0.1, 0.15) is 17.6 Å². The molecule has 3 atom stereocenters. The second-order valence-electron chi connectivity index (χ2n) is 9.46. The molecule has 1 saturated carbocycles. The fraction of sp³-hybridized carbons (Fsp3) is 0.333. The third kappa shape index (κ3) is 3.26. The predicted molar refractivity (Wildman–Crippen MR) is 127 cm³/mol. The first-order valence-corrected chi connectivity index (χ1v) is 11.6. The highest BCUT2D eigenvalue weighted by molar-refractivity contribution is 5.69. The third-order valence-corrected chi connectivity index (χ3v) is 7.25. The number of aryl methyl sites for hydroxylation is 2. The van der Waals surface area contributed by atoms with Gasteiger partial charge in [-0.3, -0.25) is 14.0 Å². The molecular formula is C24H23N9O2. The molecular weight excluding hydrogens is 446 g/mol. The van der Waals surface area contributed by atoms with Crippen LogP contribution in [0.2, 0.25) is 0 Å². The number of hydrogen-bond donors (Lipinski definition) is 0. The molecule has 7 rings (SSSR count). The maximum Gasteiger partial charge on any atom is 0.280 e. The summed E-state index contributed by atoms with van der Waals surface area (Å²) in [5.41, 5.74) is 4.23. The summed E-state index contributed by atoms with van der Waals surface area (Å²) in [6, 6.07) is 8.66. The van der Waals surface area contributed by atoms with Gasteiger partial charge in [0.25, 0.3) is 5.56 Å². The van der Waals surface area contributed by atoms with Crippen molar-refractivity contribution in [3.63, 3.8) is 0 Å². The quantitative estimate of drug-likeness (QED) is 0.383. The van der Waals surface area contributed by atoms with Crippen LogP contribution in [0.15, 0.2) is 58.6 Å². The first-order valence-electron chi connectivity index (χ1n) is 11.6. The van der Waals surface area contributed by atoms with E-state index in [2.05, 4.69) is 54.4 Å². The minimum absolute atomic E-state index is 0.178. The number of benzene rings is 1. The van der Waals surface area contributed by atoms with E-state index in [0.717, 1.165) is 24.5 Å². The van der Waals surface area contributed by atoms with E-state index in [1.807, 2.05) is 24.1 Å². The fourth-order valence-electron chi connectivity index (χ4n) is 5.35. The third-order valence-electron chi connectivity index (χ3n) is 7.25. The Kier molecular flexibility index (Phi) is 4.23. The number of piperidine rings is 1. The first kappa shape index (κ1) is 20.1. The zero-order valence-corrected chi connectivity index (χ0v) is 19.3. The average Bonchev–Trinajstić information content (AvgIpc) is 3.43. The van der Waals surface area contributed by atoms with Gasteiger partial charge in [0.2, 0.25) is 5.89 Å². The van der Waals surface area contributed by atoms with Crippen LogP contribution in [0.3, 0.4) is 0 Å². The molecule has 4 aromatic heterocycles. The highest BCUT2D eigenvalue weighted by Gasteiger charge is 2.58. The lowest BCUT2D eigenvalue weighted by Gasteiger charge is -2.21. The second kappa shape index (κ2) is 7.36. The predicted octanol–water partition coefficient (Wildman–Crippen LogP) is 1.81. The second-order valence-corrected chi connectivity index (χ2v) is 9.46. The van der Waals surface area contributed by atoms with Gasteiger partial charge in [0.05, 0.1) is 12.5 Å². The highest BCUT2D eigenvalue weighted by Crippen LogP contribution is 2.57. The van der Waals surface area contributed by atoms with Gasteiger partial charge in [-0.1, -0.05) is 17.3 Å². The number of aromatic nitrogens is 8. The SMILES string of the molecule is Cn1cc(-c2ccc(N3C[C@@H]4[C@H](C3)[C@H]4c3noc(Cn4cnc5ncn(C)c5c4=O)n3)cc2)cn1. The smallest absolute Gasteiger partial charge is 0.280 e. The van der Waals surface area contributed by atoms with Crippen LogP contribution in [0.25, 0.3) is 22.3 Å². The molecule has 176 valence electrons. The van der Waals surface area contributed by atoms with Gasteiger partial charge >= 0.3 is 0 Å². The van der Waals surface area contributed by atoms with Crippen molar-refractivity contribution < 1.29 is 4.52 Å². The average molecular weight is 470 g/mol. The van der Waals surface area contributed by atoms with Crippen LogP contribution in [0.4, 0.5) is 5.69 Å². The molecule has 1 aliphatic carbocycles. The van der Waals surface area contributed by atoms with Crippen LogP contribution < -0.4 is 10.5 Å². The molecule has 2 aliphatic rings. The lowest BCUT2D eigenvalue weighted by Crippen LogP contribution is -2.23. The zero-order chi connectivity index (χ0) is 23.7. The number of anilines is 1. The lowest BCUT2D eigenvalue weighted by atomic mass is 10.1. The summed E-state index contributed by atoms with van der Waals surface area (Å²) in [4.78, 5) is 28.2. The monoisotopic (exact) mass is 469 g/mol. The molecule has 0 unspecified atom stereocenters. The van der Waals surface area contributed by atoms with E-state index in [4.69, 9.17) is 4.52 Å². The van der Waals surface area contributed by atoms with E-state index in [1.165, 1.54) is 22.1 Å². The topological polar surface area (TPSA) is 113 Å². The molecule has 0 N–H and O–H groups in total. The number of fused-ring (bicyclic) bond motifs is 2. The molecule has 0 spiro atoms.